The van der Waals surface area contributed by atoms with E-state index in [2.05, 4.69) is 0 Å². The van der Waals surface area contributed by atoms with Gasteiger partial charge in [0.2, 0.25) is 0 Å². The molecule has 2 N–H and O–H groups in total. The second kappa shape index (κ2) is 3.21. The Labute approximate surface area is 88.1 Å². The third kappa shape index (κ3) is 1.33. The largest absolute Gasteiger partial charge is 0.330 e. The minimum Gasteiger partial charge on any atom is -0.330 e. The Kier molecular flexibility index (Phi) is 2.28. The molecule has 2 unspecified atom stereocenters. The van der Waals surface area contributed by atoms with Crippen molar-refractivity contribution in [3.63, 3.8) is 0 Å². The molecule has 1 aromatic carbocycles. The Morgan fingerprint density at radius 2 is 2.36 bits per heavy atom. The zero-order chi connectivity index (χ0) is 10.3. The molecule has 1 aliphatic carbocycles. The average molecular weight is 214 g/mol. The molecule has 0 aromatic heterocycles. The highest BCUT2D eigenvalue weighted by Gasteiger charge is 2.52. The second-order valence-corrected chi connectivity index (χ2v) is 4.56. The smallest absolute Gasteiger partial charge is 0.128 e. The summed E-state index contributed by atoms with van der Waals surface area (Å²) in [5, 5.41) is 0.517. The van der Waals surface area contributed by atoms with Crippen molar-refractivity contribution in [2.24, 2.45) is 11.7 Å². The molecule has 0 heterocycles. The van der Waals surface area contributed by atoms with Crippen LogP contribution >= 0.6 is 11.6 Å². The Balaban J connectivity index is 2.43. The van der Waals surface area contributed by atoms with Crippen LogP contribution in [0.4, 0.5) is 4.39 Å². The van der Waals surface area contributed by atoms with Gasteiger partial charge in [-0.3, -0.25) is 0 Å². The number of nitrogens with two attached hydrogens (primary N) is 1. The van der Waals surface area contributed by atoms with Gasteiger partial charge in [-0.15, -0.1) is 0 Å². The lowest BCUT2D eigenvalue weighted by molar-refractivity contribution is 0.566. The van der Waals surface area contributed by atoms with E-state index in [1.165, 1.54) is 6.07 Å². The molecule has 1 fully saturated rings. The highest BCUT2D eigenvalue weighted by Crippen LogP contribution is 2.55. The number of benzene rings is 1. The second-order valence-electron chi connectivity index (χ2n) is 4.15. The van der Waals surface area contributed by atoms with Crippen LogP contribution in [-0.2, 0) is 5.41 Å². The van der Waals surface area contributed by atoms with Crippen molar-refractivity contribution in [2.75, 3.05) is 6.54 Å². The van der Waals surface area contributed by atoms with Crippen molar-refractivity contribution < 1.29 is 4.39 Å². The van der Waals surface area contributed by atoms with Crippen molar-refractivity contribution in [3.8, 4) is 0 Å². The lowest BCUT2D eigenvalue weighted by Gasteiger charge is -2.14. The normalized spacial score (nSPS) is 30.4. The van der Waals surface area contributed by atoms with Crippen molar-refractivity contribution in [3.05, 3.63) is 34.6 Å². The molecule has 0 saturated heterocycles. The maximum atomic E-state index is 13.6. The van der Waals surface area contributed by atoms with Crippen LogP contribution in [0.25, 0.3) is 0 Å². The predicted octanol–water partition coefficient (Wildman–Crippen LogP) is 2.72. The van der Waals surface area contributed by atoms with E-state index < -0.39 is 0 Å². The zero-order valence-electron chi connectivity index (χ0n) is 8.06. The summed E-state index contributed by atoms with van der Waals surface area (Å²) in [6.07, 6.45) is 0.935. The van der Waals surface area contributed by atoms with Gasteiger partial charge in [0.25, 0.3) is 0 Å². The van der Waals surface area contributed by atoms with Gasteiger partial charge in [0, 0.05) is 16.0 Å². The number of hydrogen-bond donors (Lipinski definition) is 1. The summed E-state index contributed by atoms with van der Waals surface area (Å²) in [7, 11) is 0. The van der Waals surface area contributed by atoms with Crippen LogP contribution in [0, 0.1) is 11.7 Å². The van der Waals surface area contributed by atoms with Crippen LogP contribution in [-0.4, -0.2) is 6.54 Å². The Morgan fingerprint density at radius 3 is 2.86 bits per heavy atom. The van der Waals surface area contributed by atoms with E-state index in [-0.39, 0.29) is 11.2 Å². The van der Waals surface area contributed by atoms with Crippen molar-refractivity contribution in [1.82, 2.24) is 0 Å². The molecule has 1 aliphatic rings. The number of rotatable bonds is 2. The Hall–Kier alpha value is -0.600. The van der Waals surface area contributed by atoms with Crippen molar-refractivity contribution in [1.29, 1.82) is 0 Å². The Morgan fingerprint density at radius 1 is 1.64 bits per heavy atom. The van der Waals surface area contributed by atoms with Crippen LogP contribution in [0.3, 0.4) is 0 Å². The van der Waals surface area contributed by atoms with E-state index in [4.69, 9.17) is 17.3 Å². The highest BCUT2D eigenvalue weighted by molar-refractivity contribution is 6.31. The molecule has 0 spiro atoms. The van der Waals surface area contributed by atoms with E-state index in [0.29, 0.717) is 23.0 Å². The monoisotopic (exact) mass is 213 g/mol. The van der Waals surface area contributed by atoms with Crippen molar-refractivity contribution in [2.45, 2.75) is 18.8 Å². The van der Waals surface area contributed by atoms with Gasteiger partial charge in [0.15, 0.2) is 0 Å². The van der Waals surface area contributed by atoms with Gasteiger partial charge < -0.3 is 5.73 Å². The predicted molar refractivity (Wildman–Crippen MR) is 55.9 cm³/mol. The van der Waals surface area contributed by atoms with Crippen LogP contribution in [0.1, 0.15) is 18.9 Å². The van der Waals surface area contributed by atoms with Crippen LogP contribution in [0.2, 0.25) is 5.02 Å². The summed E-state index contributed by atoms with van der Waals surface area (Å²) in [5.74, 6) is 0.160. The first-order chi connectivity index (χ1) is 6.59. The van der Waals surface area contributed by atoms with Crippen molar-refractivity contribution >= 4 is 11.6 Å². The Bertz CT molecular complexity index is 346. The van der Waals surface area contributed by atoms with Gasteiger partial charge >= 0.3 is 0 Å². The molecule has 2 atom stereocenters. The average Bonchev–Trinajstić information content (AvgIpc) is 2.77. The minimum absolute atomic E-state index is 0.142. The molecule has 2 rings (SSSR count). The summed E-state index contributed by atoms with van der Waals surface area (Å²) >= 11 is 6.00. The summed E-state index contributed by atoms with van der Waals surface area (Å²) in [6.45, 7) is 2.62. The molecule has 0 aliphatic heterocycles. The molecular formula is C11H13ClFN. The molecular weight excluding hydrogens is 201 g/mol. The SMILES string of the molecule is CC1(c2c(F)cccc2Cl)CC1CN. The minimum atomic E-state index is -0.212. The fraction of sp³-hybridized carbons (Fsp3) is 0.455. The number of halogens is 2. The van der Waals surface area contributed by atoms with Gasteiger partial charge in [-0.2, -0.15) is 0 Å². The van der Waals surface area contributed by atoms with E-state index in [9.17, 15) is 4.39 Å². The first-order valence-corrected chi connectivity index (χ1v) is 5.12. The van der Waals surface area contributed by atoms with E-state index in [1.807, 2.05) is 6.92 Å². The van der Waals surface area contributed by atoms with Crippen LogP contribution in [0.5, 0.6) is 0 Å². The maximum Gasteiger partial charge on any atom is 0.128 e. The third-order valence-corrected chi connectivity index (χ3v) is 3.54. The van der Waals surface area contributed by atoms with Crippen LogP contribution in [0.15, 0.2) is 18.2 Å². The molecule has 0 bridgehead atoms. The van der Waals surface area contributed by atoms with Gasteiger partial charge in [0.1, 0.15) is 5.82 Å². The molecule has 14 heavy (non-hydrogen) atoms. The maximum absolute atomic E-state index is 13.6. The van der Waals surface area contributed by atoms with Gasteiger partial charge in [-0.1, -0.05) is 24.6 Å². The quantitative estimate of drug-likeness (QED) is 0.803. The molecule has 0 amide bonds. The van der Waals surface area contributed by atoms with Gasteiger partial charge in [0.05, 0.1) is 0 Å². The van der Waals surface area contributed by atoms with E-state index in [0.717, 1.165) is 6.42 Å². The first kappa shape index (κ1) is 9.94. The summed E-state index contributed by atoms with van der Waals surface area (Å²) in [4.78, 5) is 0. The highest BCUT2D eigenvalue weighted by atomic mass is 35.5. The van der Waals surface area contributed by atoms with Crippen LogP contribution < -0.4 is 5.73 Å². The fourth-order valence-corrected chi connectivity index (χ4v) is 2.52. The third-order valence-electron chi connectivity index (χ3n) is 3.23. The molecule has 76 valence electrons. The molecule has 3 heteroatoms. The zero-order valence-corrected chi connectivity index (χ0v) is 8.81. The van der Waals surface area contributed by atoms with Gasteiger partial charge in [-0.05, 0) is 31.0 Å². The van der Waals surface area contributed by atoms with E-state index >= 15 is 0 Å². The van der Waals surface area contributed by atoms with E-state index in [1.54, 1.807) is 12.1 Å². The van der Waals surface area contributed by atoms with Gasteiger partial charge in [-0.25, -0.2) is 4.39 Å². The summed E-state index contributed by atoms with van der Waals surface area (Å²) < 4.78 is 13.6. The first-order valence-electron chi connectivity index (χ1n) is 4.74. The lowest BCUT2D eigenvalue weighted by atomic mass is 9.95. The molecule has 1 saturated carbocycles. The fourth-order valence-electron chi connectivity index (χ4n) is 2.15. The molecule has 0 radical (unpaired) electrons. The summed E-state index contributed by atoms with van der Waals surface area (Å²) in [5.41, 5.74) is 6.08. The number of hydrogen-bond acceptors (Lipinski definition) is 1. The summed E-state index contributed by atoms with van der Waals surface area (Å²) in [6, 6.07) is 4.82. The lowest BCUT2D eigenvalue weighted by Crippen LogP contribution is -2.13. The topological polar surface area (TPSA) is 26.0 Å². The standard InChI is InChI=1S/C11H13ClFN/c1-11(5-7(11)6-14)10-8(12)3-2-4-9(10)13/h2-4,7H,5-6,14H2,1H3. The molecule has 1 aromatic rings. The molecule has 1 nitrogen and oxygen atoms in total.